The summed E-state index contributed by atoms with van der Waals surface area (Å²) < 4.78 is 2.37. The maximum atomic E-state index is 3.72. The summed E-state index contributed by atoms with van der Waals surface area (Å²) >= 11 is 7.45. The minimum atomic E-state index is -1.72. The second-order valence-electron chi connectivity index (χ2n) is 9.40. The van der Waals surface area contributed by atoms with Crippen LogP contribution in [0.4, 0.5) is 0 Å². The molecule has 0 saturated carbocycles. The number of hydrogen-bond acceptors (Lipinski definition) is 0. The van der Waals surface area contributed by atoms with Gasteiger partial charge in [-0.25, -0.2) is 0 Å². The molecule has 2 aromatic rings. The molecule has 4 heteroatoms. The zero-order valence-electron chi connectivity index (χ0n) is 16.7. The first-order valence-corrected chi connectivity index (χ1v) is 17.8. The fourth-order valence-electron chi connectivity index (χ4n) is 4.66. The van der Waals surface area contributed by atoms with Crippen LogP contribution in [0.1, 0.15) is 23.1 Å². The smallest absolute Gasteiger partial charge is 0.0816 e. The Morgan fingerprint density at radius 2 is 1.33 bits per heavy atom. The quantitative estimate of drug-likeness (QED) is 0.359. The van der Waals surface area contributed by atoms with Crippen molar-refractivity contribution < 1.29 is 0 Å². The highest BCUT2D eigenvalue weighted by Crippen LogP contribution is 2.52. The van der Waals surface area contributed by atoms with Gasteiger partial charge in [0.25, 0.3) is 0 Å². The van der Waals surface area contributed by atoms with Crippen LogP contribution in [0.5, 0.6) is 0 Å². The highest BCUT2D eigenvalue weighted by Gasteiger charge is 2.44. The topological polar surface area (TPSA) is 0 Å². The first-order valence-electron chi connectivity index (χ1n) is 9.60. The van der Waals surface area contributed by atoms with Gasteiger partial charge in [0, 0.05) is 14.5 Å². The van der Waals surface area contributed by atoms with Crippen molar-refractivity contribution in [3.8, 4) is 11.1 Å². The Balaban J connectivity index is 1.86. The van der Waals surface area contributed by atoms with Crippen LogP contribution in [0.15, 0.2) is 67.9 Å². The molecule has 2 aromatic carbocycles. The molecule has 0 atom stereocenters. The number of halogens is 2. The third-order valence-electron chi connectivity index (χ3n) is 6.23. The monoisotopic (exact) mass is 516 g/mol. The maximum absolute atomic E-state index is 3.72. The number of benzene rings is 2. The van der Waals surface area contributed by atoms with Gasteiger partial charge in [0.2, 0.25) is 0 Å². The summed E-state index contributed by atoms with van der Waals surface area (Å²) in [4.78, 5) is 0. The first-order chi connectivity index (χ1) is 12.6. The van der Waals surface area contributed by atoms with Crippen LogP contribution >= 0.6 is 31.9 Å². The Bertz CT molecular complexity index is 942. The van der Waals surface area contributed by atoms with E-state index in [2.05, 4.69) is 113 Å². The Morgan fingerprint density at radius 3 is 1.78 bits per heavy atom. The number of hydrogen-bond donors (Lipinski definition) is 0. The number of fused-ring (bicyclic) bond motifs is 3. The fraction of sp³-hybridized carbons (Fsp3) is 0.304. The molecule has 0 aromatic heterocycles. The molecule has 27 heavy (non-hydrogen) atoms. The molecule has 0 aliphatic heterocycles. The van der Waals surface area contributed by atoms with E-state index < -0.39 is 16.1 Å². The van der Waals surface area contributed by atoms with Crippen molar-refractivity contribution in [1.82, 2.24) is 0 Å². The molecular formula is C23H26Br2Si2. The second kappa shape index (κ2) is 6.68. The van der Waals surface area contributed by atoms with E-state index in [0.29, 0.717) is 5.54 Å². The Hall–Kier alpha value is -0.686. The van der Waals surface area contributed by atoms with Crippen LogP contribution < -0.4 is 0 Å². The first kappa shape index (κ1) is 19.6. The van der Waals surface area contributed by atoms with Crippen molar-refractivity contribution in [2.75, 3.05) is 0 Å². The Morgan fingerprint density at radius 1 is 0.815 bits per heavy atom. The van der Waals surface area contributed by atoms with Gasteiger partial charge in [0.15, 0.2) is 0 Å². The summed E-state index contributed by atoms with van der Waals surface area (Å²) in [5.41, 5.74) is 6.37. The molecular weight excluding hydrogens is 492 g/mol. The van der Waals surface area contributed by atoms with Crippen molar-refractivity contribution >= 4 is 48.0 Å². The van der Waals surface area contributed by atoms with Gasteiger partial charge in [-0.3, -0.25) is 0 Å². The minimum Gasteiger partial charge on any atom is -0.0816 e. The largest absolute Gasteiger partial charge is 0.0881 e. The van der Waals surface area contributed by atoms with E-state index in [-0.39, 0.29) is 0 Å². The minimum absolute atomic E-state index is 0.512. The maximum Gasteiger partial charge on any atom is 0.0881 e. The van der Waals surface area contributed by atoms with Crippen LogP contribution in [-0.4, -0.2) is 16.1 Å². The fourth-order valence-corrected chi connectivity index (χ4v) is 10.4. The van der Waals surface area contributed by atoms with Crippen molar-refractivity contribution in [2.24, 2.45) is 0 Å². The highest BCUT2D eigenvalue weighted by atomic mass is 79.9. The van der Waals surface area contributed by atoms with Gasteiger partial charge in [-0.2, -0.15) is 0 Å². The third-order valence-corrected chi connectivity index (χ3v) is 13.4. The molecule has 4 rings (SSSR count). The number of allylic oxidation sites excluding steroid dienone is 4. The van der Waals surface area contributed by atoms with Gasteiger partial charge >= 0.3 is 0 Å². The van der Waals surface area contributed by atoms with Gasteiger partial charge in [0.05, 0.1) is 16.1 Å². The van der Waals surface area contributed by atoms with Crippen molar-refractivity contribution in [2.45, 2.75) is 44.7 Å². The molecule has 0 radical (unpaired) electrons. The van der Waals surface area contributed by atoms with E-state index in [1.165, 1.54) is 31.2 Å². The van der Waals surface area contributed by atoms with Crippen molar-refractivity contribution in [1.29, 1.82) is 0 Å². The van der Waals surface area contributed by atoms with Crippen LogP contribution in [0.2, 0.25) is 32.7 Å². The van der Waals surface area contributed by atoms with Gasteiger partial charge in [0.1, 0.15) is 0 Å². The lowest BCUT2D eigenvalue weighted by molar-refractivity contribution is 1.10. The van der Waals surface area contributed by atoms with E-state index in [1.54, 1.807) is 10.4 Å². The van der Waals surface area contributed by atoms with Crippen molar-refractivity contribution in [3.63, 3.8) is 0 Å². The van der Waals surface area contributed by atoms with Crippen molar-refractivity contribution in [3.05, 3.63) is 79.0 Å². The zero-order valence-corrected chi connectivity index (χ0v) is 21.8. The molecule has 140 valence electrons. The molecule has 0 amide bonds. The van der Waals surface area contributed by atoms with Crippen LogP contribution in [0.3, 0.4) is 0 Å². The SMILES string of the molecule is C[Si](C)(C)C1=CCC([Si](C)(C)C2c3cc(Br)ccc3-c3ccc(Br)cc32)=C1. The molecule has 0 saturated heterocycles. The van der Waals surface area contributed by atoms with E-state index in [4.69, 9.17) is 0 Å². The lowest BCUT2D eigenvalue weighted by atomic mass is 10.1. The van der Waals surface area contributed by atoms with Gasteiger partial charge in [-0.1, -0.05) is 99.3 Å². The normalized spacial score (nSPS) is 16.9. The molecule has 0 fully saturated rings. The van der Waals surface area contributed by atoms with Gasteiger partial charge in [-0.15, -0.1) is 0 Å². The average molecular weight is 518 g/mol. The Kier molecular flexibility index (Phi) is 4.86. The summed E-state index contributed by atoms with van der Waals surface area (Å²) in [5, 5.41) is 3.35. The summed E-state index contributed by atoms with van der Waals surface area (Å²) in [5.74, 6) is 0. The lowest BCUT2D eigenvalue weighted by Crippen LogP contribution is -2.37. The Labute approximate surface area is 182 Å². The van der Waals surface area contributed by atoms with E-state index in [1.807, 2.05) is 0 Å². The summed E-state index contributed by atoms with van der Waals surface area (Å²) in [7, 11) is -2.97. The van der Waals surface area contributed by atoms with Crippen LogP contribution in [0, 0.1) is 0 Å². The molecule has 0 spiro atoms. The second-order valence-corrected chi connectivity index (χ2v) is 21.0. The summed E-state index contributed by atoms with van der Waals surface area (Å²) in [6, 6.07) is 13.7. The molecule has 0 heterocycles. The summed E-state index contributed by atoms with van der Waals surface area (Å²) in [6.45, 7) is 12.5. The van der Waals surface area contributed by atoms with Gasteiger partial charge in [-0.05, 0) is 52.9 Å². The van der Waals surface area contributed by atoms with Crippen LogP contribution in [0.25, 0.3) is 11.1 Å². The predicted molar refractivity (Wildman–Crippen MR) is 131 cm³/mol. The average Bonchev–Trinajstić information content (AvgIpc) is 3.17. The van der Waals surface area contributed by atoms with E-state index in [9.17, 15) is 0 Å². The lowest BCUT2D eigenvalue weighted by Gasteiger charge is -2.33. The highest BCUT2D eigenvalue weighted by molar-refractivity contribution is 9.10. The van der Waals surface area contributed by atoms with E-state index in [0.717, 1.165) is 6.42 Å². The standard InChI is InChI=1S/C23H26Br2Si2/c1-26(2,3)17-8-9-18(14-17)27(4,5)23-21-12-15(24)6-10-19(21)20-11-7-16(25)13-22(20)23/h6-8,10-14,23H,9H2,1-5H3. The molecule has 0 unspecified atom stereocenters. The summed E-state index contributed by atoms with van der Waals surface area (Å²) in [6.07, 6.45) is 6.27. The molecule has 0 nitrogen and oxygen atoms in total. The molecule has 2 aliphatic rings. The van der Waals surface area contributed by atoms with E-state index >= 15 is 0 Å². The third kappa shape index (κ3) is 3.33. The van der Waals surface area contributed by atoms with Crippen LogP contribution in [-0.2, 0) is 0 Å². The molecule has 0 bridgehead atoms. The predicted octanol–water partition coefficient (Wildman–Crippen LogP) is 8.24. The van der Waals surface area contributed by atoms with Gasteiger partial charge < -0.3 is 0 Å². The zero-order chi connectivity index (χ0) is 19.6. The molecule has 0 N–H and O–H groups in total. The number of rotatable bonds is 3. The molecule has 2 aliphatic carbocycles.